The van der Waals surface area contributed by atoms with Gasteiger partial charge in [-0.2, -0.15) is 0 Å². The average Bonchev–Trinajstić information content (AvgIpc) is 3.07. The summed E-state index contributed by atoms with van der Waals surface area (Å²) in [4.78, 5) is 48.8. The van der Waals surface area contributed by atoms with E-state index >= 15 is 0 Å². The number of amides is 2. The van der Waals surface area contributed by atoms with E-state index in [-0.39, 0.29) is 18.0 Å². The molecule has 9 nitrogen and oxygen atoms in total. The van der Waals surface area contributed by atoms with Gasteiger partial charge in [0.2, 0.25) is 5.91 Å². The van der Waals surface area contributed by atoms with Crippen LogP contribution in [0.5, 0.6) is 0 Å². The average molecular weight is 334 g/mol. The van der Waals surface area contributed by atoms with Crippen LogP contribution >= 0.6 is 0 Å². The number of anilines is 1. The molecule has 1 aromatic rings. The first-order valence-electron chi connectivity index (χ1n) is 7.01. The highest BCUT2D eigenvalue weighted by atomic mass is 19.1. The Morgan fingerprint density at radius 3 is 2.54 bits per heavy atom. The zero-order valence-electron chi connectivity index (χ0n) is 12.4. The zero-order chi connectivity index (χ0) is 17.4. The number of carbonyl (C=O) groups excluding carboxylic acids is 3. The van der Waals surface area contributed by atoms with Gasteiger partial charge in [0.1, 0.15) is 11.7 Å². The minimum absolute atomic E-state index is 0.0353. The van der Waals surface area contributed by atoms with E-state index in [0.29, 0.717) is 5.12 Å². The number of nitroso groups, excluding NO2 is 1. The maximum Gasteiger partial charge on any atom is 0.355 e. The summed E-state index contributed by atoms with van der Waals surface area (Å²) in [6, 6.07) is 3.30. The number of halogens is 1. The topological polar surface area (TPSA) is 109 Å². The van der Waals surface area contributed by atoms with Gasteiger partial charge in [0.05, 0.1) is 17.6 Å². The van der Waals surface area contributed by atoms with Crippen LogP contribution in [0.2, 0.25) is 0 Å². The number of nitrogens with zero attached hydrogens (tertiary/aromatic N) is 4. The van der Waals surface area contributed by atoms with Crippen molar-refractivity contribution in [3.05, 3.63) is 35.0 Å². The van der Waals surface area contributed by atoms with Crippen LogP contribution in [0.25, 0.3) is 0 Å². The fourth-order valence-electron chi connectivity index (χ4n) is 2.68. The van der Waals surface area contributed by atoms with Gasteiger partial charge >= 0.3 is 5.97 Å². The van der Waals surface area contributed by atoms with Gasteiger partial charge in [0.25, 0.3) is 5.91 Å². The van der Waals surface area contributed by atoms with Crippen molar-refractivity contribution in [2.24, 2.45) is 16.3 Å². The van der Waals surface area contributed by atoms with E-state index < -0.39 is 35.6 Å². The molecular formula is C14H11FN4O5. The van der Waals surface area contributed by atoms with Gasteiger partial charge in [-0.3, -0.25) is 9.59 Å². The summed E-state index contributed by atoms with van der Waals surface area (Å²) in [7, 11) is 0. The molecule has 2 aliphatic heterocycles. The van der Waals surface area contributed by atoms with Crippen molar-refractivity contribution < 1.29 is 23.5 Å². The summed E-state index contributed by atoms with van der Waals surface area (Å²) >= 11 is 0. The summed E-state index contributed by atoms with van der Waals surface area (Å²) in [5, 5.41) is 6.69. The number of rotatable bonds is 4. The van der Waals surface area contributed by atoms with E-state index in [1.807, 2.05) is 0 Å². The van der Waals surface area contributed by atoms with E-state index in [1.54, 1.807) is 6.92 Å². The van der Waals surface area contributed by atoms with Gasteiger partial charge in [0.15, 0.2) is 11.8 Å². The molecule has 0 bridgehead atoms. The Bertz CT molecular complexity index is 763. The maximum absolute atomic E-state index is 13.0. The molecule has 10 heteroatoms. The minimum Gasteiger partial charge on any atom is -0.461 e. The molecule has 124 valence electrons. The second kappa shape index (κ2) is 5.80. The smallest absolute Gasteiger partial charge is 0.355 e. The van der Waals surface area contributed by atoms with Crippen molar-refractivity contribution in [3.8, 4) is 0 Å². The number of hydrogen-bond donors (Lipinski definition) is 0. The normalized spacial score (nSPS) is 22.5. The second-order valence-electron chi connectivity index (χ2n) is 5.02. The van der Waals surface area contributed by atoms with Gasteiger partial charge in [-0.25, -0.2) is 14.1 Å². The van der Waals surface area contributed by atoms with Gasteiger partial charge in [-0.05, 0) is 31.2 Å². The molecular weight excluding hydrogens is 323 g/mol. The number of imide groups is 1. The molecule has 0 N–H and O–H groups in total. The van der Waals surface area contributed by atoms with Crippen LogP contribution in [-0.2, 0) is 19.1 Å². The van der Waals surface area contributed by atoms with Crippen molar-refractivity contribution in [1.82, 2.24) is 5.12 Å². The minimum atomic E-state index is -1.35. The fourth-order valence-corrected chi connectivity index (χ4v) is 2.68. The second-order valence-corrected chi connectivity index (χ2v) is 5.02. The molecule has 2 aliphatic rings. The number of benzene rings is 1. The third-order valence-corrected chi connectivity index (χ3v) is 3.68. The summed E-state index contributed by atoms with van der Waals surface area (Å²) in [6.45, 7) is 1.60. The van der Waals surface area contributed by atoms with Crippen LogP contribution in [0, 0.1) is 16.6 Å². The molecule has 0 spiro atoms. The molecule has 24 heavy (non-hydrogen) atoms. The first kappa shape index (κ1) is 15.7. The monoisotopic (exact) mass is 334 g/mol. The van der Waals surface area contributed by atoms with E-state index in [0.717, 1.165) is 17.0 Å². The highest BCUT2D eigenvalue weighted by Crippen LogP contribution is 2.35. The summed E-state index contributed by atoms with van der Waals surface area (Å²) in [5.74, 6) is -4.27. The van der Waals surface area contributed by atoms with Crippen LogP contribution in [0.3, 0.4) is 0 Å². The third kappa shape index (κ3) is 2.23. The van der Waals surface area contributed by atoms with Crippen LogP contribution in [-0.4, -0.2) is 41.3 Å². The number of hydrogen-bond acceptors (Lipinski definition) is 7. The van der Waals surface area contributed by atoms with Gasteiger partial charge in [-0.1, -0.05) is 0 Å². The first-order chi connectivity index (χ1) is 11.5. The highest BCUT2D eigenvalue weighted by Gasteiger charge is 2.59. The van der Waals surface area contributed by atoms with E-state index in [4.69, 9.17) is 4.74 Å². The molecule has 2 atom stereocenters. The standard InChI is InChI=1S/C14H11FN4O5/c1-2-24-14(22)10-9-11(19(16-10)17-23)13(21)18(12(9)20)8-5-3-7(15)4-6-8/h3-6,9,11H,2H2,1H3/t9-,11+/m1/s1. The predicted octanol–water partition coefficient (Wildman–Crippen LogP) is 0.600. The van der Waals surface area contributed by atoms with Crippen LogP contribution in [0.1, 0.15) is 6.92 Å². The lowest BCUT2D eigenvalue weighted by Crippen LogP contribution is -2.36. The molecule has 0 radical (unpaired) electrons. The van der Waals surface area contributed by atoms with Crippen molar-refractivity contribution in [3.63, 3.8) is 0 Å². The Morgan fingerprint density at radius 2 is 1.96 bits per heavy atom. The predicted molar refractivity (Wildman–Crippen MR) is 77.9 cm³/mol. The Morgan fingerprint density at radius 1 is 1.29 bits per heavy atom. The van der Waals surface area contributed by atoms with Crippen molar-refractivity contribution >= 4 is 29.2 Å². The lowest BCUT2D eigenvalue weighted by Gasteiger charge is -2.16. The fraction of sp³-hybridized carbons (Fsp3) is 0.286. The Labute approximate surface area is 134 Å². The van der Waals surface area contributed by atoms with E-state index in [1.165, 1.54) is 12.1 Å². The lowest BCUT2D eigenvalue weighted by molar-refractivity contribution is -0.136. The SMILES string of the molecule is CCOC(=O)C1=NN(N=O)[C@@H]2C(=O)N(c3ccc(F)cc3)C(=O)[C@H]12. The third-order valence-electron chi connectivity index (χ3n) is 3.68. The van der Waals surface area contributed by atoms with Gasteiger partial charge in [-0.15, -0.1) is 15.1 Å². The summed E-state index contributed by atoms with van der Waals surface area (Å²) in [6.07, 6.45) is 0. The Balaban J connectivity index is 2.00. The van der Waals surface area contributed by atoms with Gasteiger partial charge < -0.3 is 4.74 Å². The Hall–Kier alpha value is -3.17. The van der Waals surface area contributed by atoms with E-state index in [2.05, 4.69) is 10.4 Å². The zero-order valence-corrected chi connectivity index (χ0v) is 12.4. The van der Waals surface area contributed by atoms with Crippen molar-refractivity contribution in [2.75, 3.05) is 11.5 Å². The number of esters is 1. The van der Waals surface area contributed by atoms with Crippen LogP contribution in [0.4, 0.5) is 10.1 Å². The number of hydrazone groups is 1. The molecule has 2 heterocycles. The highest BCUT2D eigenvalue weighted by molar-refractivity contribution is 6.46. The Kier molecular flexibility index (Phi) is 3.80. The summed E-state index contributed by atoms with van der Waals surface area (Å²) in [5.41, 5.74) is -0.237. The molecule has 1 fully saturated rings. The van der Waals surface area contributed by atoms with Crippen molar-refractivity contribution in [2.45, 2.75) is 13.0 Å². The number of fused-ring (bicyclic) bond motifs is 1. The lowest BCUT2D eigenvalue weighted by atomic mass is 9.98. The molecule has 1 saturated heterocycles. The van der Waals surface area contributed by atoms with Crippen LogP contribution < -0.4 is 4.90 Å². The number of ether oxygens (including phenoxy) is 1. The quantitative estimate of drug-likeness (QED) is 0.453. The molecule has 0 saturated carbocycles. The first-order valence-corrected chi connectivity index (χ1v) is 7.01. The number of carbonyl (C=O) groups is 3. The molecule has 3 rings (SSSR count). The molecule has 0 aromatic heterocycles. The van der Waals surface area contributed by atoms with Crippen molar-refractivity contribution in [1.29, 1.82) is 0 Å². The molecule has 1 aromatic carbocycles. The molecule has 0 aliphatic carbocycles. The maximum atomic E-state index is 13.0. The van der Waals surface area contributed by atoms with Gasteiger partial charge in [0, 0.05) is 0 Å². The van der Waals surface area contributed by atoms with Crippen LogP contribution in [0.15, 0.2) is 34.7 Å². The molecule has 0 unspecified atom stereocenters. The summed E-state index contributed by atoms with van der Waals surface area (Å²) < 4.78 is 17.8. The largest absolute Gasteiger partial charge is 0.461 e. The van der Waals surface area contributed by atoms with E-state index in [9.17, 15) is 23.7 Å². The molecule has 2 amide bonds.